The fourth-order valence-electron chi connectivity index (χ4n) is 4.48. The third-order valence-corrected chi connectivity index (χ3v) is 5.77. The summed E-state index contributed by atoms with van der Waals surface area (Å²) in [4.78, 5) is 11.6. The van der Waals surface area contributed by atoms with Crippen LogP contribution < -0.4 is 0 Å². The van der Waals surface area contributed by atoms with Gasteiger partial charge in [-0.2, -0.15) is 0 Å². The van der Waals surface area contributed by atoms with Gasteiger partial charge in [0.05, 0.1) is 18.1 Å². The summed E-state index contributed by atoms with van der Waals surface area (Å²) >= 11 is 0. The van der Waals surface area contributed by atoms with Crippen LogP contribution in [-0.2, 0) is 14.3 Å². The molecule has 1 fully saturated rings. The van der Waals surface area contributed by atoms with Gasteiger partial charge >= 0.3 is 5.97 Å². The summed E-state index contributed by atoms with van der Waals surface area (Å²) in [7, 11) is 1.72. The summed E-state index contributed by atoms with van der Waals surface area (Å²) in [5.74, 6) is -0.648. The molecule has 28 heavy (non-hydrogen) atoms. The average molecular weight is 388 g/mol. The van der Waals surface area contributed by atoms with Crippen LogP contribution in [0.2, 0.25) is 0 Å². The van der Waals surface area contributed by atoms with Crippen LogP contribution in [0.5, 0.6) is 0 Å². The van der Waals surface area contributed by atoms with E-state index < -0.39 is 12.2 Å². The molecule has 152 valence electrons. The van der Waals surface area contributed by atoms with E-state index in [9.17, 15) is 14.3 Å². The Morgan fingerprint density at radius 3 is 2.54 bits per heavy atom. The van der Waals surface area contributed by atoms with Gasteiger partial charge in [-0.05, 0) is 53.7 Å². The lowest BCUT2D eigenvalue weighted by atomic mass is 9.65. The Kier molecular flexibility index (Phi) is 5.78. The first-order chi connectivity index (χ1) is 13.1. The van der Waals surface area contributed by atoms with Gasteiger partial charge in [0.25, 0.3) is 0 Å². The Bertz CT molecular complexity index is 793. The summed E-state index contributed by atoms with van der Waals surface area (Å²) in [5.41, 5.74) is 2.65. The molecule has 3 atom stereocenters. The lowest BCUT2D eigenvalue weighted by Crippen LogP contribution is -2.39. The number of halogens is 1. The number of rotatable bonds is 4. The van der Waals surface area contributed by atoms with Crippen molar-refractivity contribution >= 4 is 11.5 Å². The van der Waals surface area contributed by atoms with Crippen LogP contribution in [0.3, 0.4) is 0 Å². The molecule has 1 aliphatic heterocycles. The highest BCUT2D eigenvalue weighted by Gasteiger charge is 2.41. The largest absolute Gasteiger partial charge is 0.458 e. The van der Waals surface area contributed by atoms with E-state index in [1.807, 2.05) is 12.2 Å². The molecule has 0 amide bonds. The predicted molar refractivity (Wildman–Crippen MR) is 106 cm³/mol. The average Bonchev–Trinajstić information content (AvgIpc) is 2.59. The monoisotopic (exact) mass is 388 g/mol. The highest BCUT2D eigenvalue weighted by Crippen LogP contribution is 2.49. The molecular formula is C23H29FO4. The van der Waals surface area contributed by atoms with Crippen molar-refractivity contribution in [3.05, 3.63) is 53.4 Å². The first kappa shape index (κ1) is 20.7. The number of hydrogen-bond donors (Lipinski definition) is 1. The number of hydrogen-bond acceptors (Lipinski definition) is 4. The van der Waals surface area contributed by atoms with Crippen LogP contribution in [0, 0.1) is 11.2 Å². The Balaban J connectivity index is 2.02. The van der Waals surface area contributed by atoms with E-state index in [0.29, 0.717) is 12.8 Å². The van der Waals surface area contributed by atoms with Gasteiger partial charge in [0.15, 0.2) is 0 Å². The first-order valence-electron chi connectivity index (χ1n) is 9.72. The van der Waals surface area contributed by atoms with Crippen LogP contribution in [0.15, 0.2) is 42.0 Å². The quantitative estimate of drug-likeness (QED) is 0.776. The second-order valence-corrected chi connectivity index (χ2v) is 8.77. The zero-order valence-corrected chi connectivity index (χ0v) is 17.0. The predicted octanol–water partition coefficient (Wildman–Crippen LogP) is 4.43. The van der Waals surface area contributed by atoms with Crippen LogP contribution in [0.1, 0.15) is 52.0 Å². The van der Waals surface area contributed by atoms with Gasteiger partial charge in [0.2, 0.25) is 0 Å². The van der Waals surface area contributed by atoms with Crippen molar-refractivity contribution in [3.8, 4) is 0 Å². The summed E-state index contributed by atoms with van der Waals surface area (Å²) in [6.45, 7) is 6.42. The molecule has 0 bridgehead atoms. The fraction of sp³-hybridized carbons (Fsp3) is 0.522. The van der Waals surface area contributed by atoms with Crippen molar-refractivity contribution in [1.29, 1.82) is 0 Å². The number of esters is 1. The lowest BCUT2D eigenvalue weighted by molar-refractivity contribution is -0.156. The fourth-order valence-corrected chi connectivity index (χ4v) is 4.48. The minimum atomic E-state index is -0.669. The van der Waals surface area contributed by atoms with E-state index in [1.165, 1.54) is 12.1 Å². The maximum atomic E-state index is 13.5. The van der Waals surface area contributed by atoms with Gasteiger partial charge in [0.1, 0.15) is 11.9 Å². The summed E-state index contributed by atoms with van der Waals surface area (Å²) in [5, 5.41) is 9.85. The highest BCUT2D eigenvalue weighted by molar-refractivity contribution is 5.74. The van der Waals surface area contributed by atoms with Crippen LogP contribution in [0.25, 0.3) is 5.57 Å². The zero-order valence-electron chi connectivity index (χ0n) is 17.0. The van der Waals surface area contributed by atoms with Crippen molar-refractivity contribution in [1.82, 2.24) is 0 Å². The van der Waals surface area contributed by atoms with Crippen molar-refractivity contribution in [2.24, 2.45) is 5.41 Å². The van der Waals surface area contributed by atoms with Crippen molar-refractivity contribution in [2.75, 3.05) is 7.11 Å². The van der Waals surface area contributed by atoms with E-state index in [0.717, 1.165) is 23.1 Å². The third kappa shape index (κ3) is 4.53. The summed E-state index contributed by atoms with van der Waals surface area (Å²) in [6.07, 6.45) is 4.73. The minimum absolute atomic E-state index is 0.0472. The van der Waals surface area contributed by atoms with E-state index in [4.69, 9.17) is 9.47 Å². The van der Waals surface area contributed by atoms with E-state index in [1.54, 1.807) is 19.2 Å². The normalized spacial score (nSPS) is 30.6. The molecule has 1 N–H and O–H groups in total. The molecule has 1 unspecified atom stereocenters. The standard InChI is InChI=1S/C23H29FO4/c1-22(2)14-23(3,27-4)13-19(15-5-7-16(24)8-6-15)20(22)10-9-18-11-17(25)12-21(26)28-18/h5-10,17-18,25H,11-14H2,1-4H3/b10-9+/t17-,18-,23?/m0/s1. The summed E-state index contributed by atoms with van der Waals surface area (Å²) in [6, 6.07) is 6.52. The van der Waals surface area contributed by atoms with Gasteiger partial charge in [0, 0.05) is 20.0 Å². The smallest absolute Gasteiger partial charge is 0.309 e. The Morgan fingerprint density at radius 1 is 1.25 bits per heavy atom. The van der Waals surface area contributed by atoms with Crippen molar-refractivity contribution in [3.63, 3.8) is 0 Å². The molecule has 1 heterocycles. The molecule has 4 nitrogen and oxygen atoms in total. The third-order valence-electron chi connectivity index (χ3n) is 5.77. The molecular weight excluding hydrogens is 359 g/mol. The minimum Gasteiger partial charge on any atom is -0.458 e. The van der Waals surface area contributed by atoms with Gasteiger partial charge in [-0.25, -0.2) is 4.39 Å². The lowest BCUT2D eigenvalue weighted by Gasteiger charge is -2.44. The molecule has 2 aliphatic rings. The van der Waals surface area contributed by atoms with Crippen LogP contribution in [-0.4, -0.2) is 36.0 Å². The second kappa shape index (κ2) is 7.80. The molecule has 1 aromatic rings. The molecule has 0 spiro atoms. The Labute approximate surface area is 166 Å². The molecule has 0 aromatic heterocycles. The number of benzene rings is 1. The molecule has 0 radical (unpaired) electrons. The number of carbonyl (C=O) groups excluding carboxylic acids is 1. The highest BCUT2D eigenvalue weighted by atomic mass is 19.1. The number of aliphatic hydroxyl groups excluding tert-OH is 1. The van der Waals surface area contributed by atoms with E-state index >= 15 is 0 Å². The van der Waals surface area contributed by atoms with Crippen LogP contribution in [0.4, 0.5) is 4.39 Å². The van der Waals surface area contributed by atoms with Gasteiger partial charge < -0.3 is 14.6 Å². The topological polar surface area (TPSA) is 55.8 Å². The number of aliphatic hydroxyl groups is 1. The van der Waals surface area contributed by atoms with Gasteiger partial charge in [-0.15, -0.1) is 0 Å². The maximum absolute atomic E-state index is 13.5. The molecule has 1 aliphatic carbocycles. The SMILES string of the molecule is COC1(C)CC(c2ccc(F)cc2)=C(/C=C/[C@H]2C[C@H](O)CC(=O)O2)C(C)(C)C1. The van der Waals surface area contributed by atoms with Crippen molar-refractivity contribution in [2.45, 2.75) is 64.3 Å². The number of ether oxygens (including phenoxy) is 2. The Hall–Kier alpha value is -1.98. The van der Waals surface area contributed by atoms with Crippen molar-refractivity contribution < 1.29 is 23.8 Å². The molecule has 1 aromatic carbocycles. The number of cyclic esters (lactones) is 1. The summed E-state index contributed by atoms with van der Waals surface area (Å²) < 4.78 is 24.6. The van der Waals surface area contributed by atoms with E-state index in [-0.39, 0.29) is 29.2 Å². The molecule has 0 saturated carbocycles. The Morgan fingerprint density at radius 2 is 1.93 bits per heavy atom. The van der Waals surface area contributed by atoms with Gasteiger partial charge in [-0.3, -0.25) is 4.79 Å². The zero-order chi connectivity index (χ0) is 20.5. The number of methoxy groups -OCH3 is 1. The van der Waals surface area contributed by atoms with E-state index in [2.05, 4.69) is 20.8 Å². The number of allylic oxidation sites excluding steroid dienone is 2. The molecule has 5 heteroatoms. The molecule has 3 rings (SSSR count). The number of carbonyl (C=O) groups is 1. The second-order valence-electron chi connectivity index (χ2n) is 8.77. The van der Waals surface area contributed by atoms with Crippen LogP contribution >= 0.6 is 0 Å². The first-order valence-corrected chi connectivity index (χ1v) is 9.72. The van der Waals surface area contributed by atoms with Gasteiger partial charge in [-0.1, -0.05) is 32.1 Å². The maximum Gasteiger partial charge on any atom is 0.309 e. The molecule has 1 saturated heterocycles.